The smallest absolute Gasteiger partial charge is 0.354 e. The maximum atomic E-state index is 11.9. The van der Waals surface area contributed by atoms with Gasteiger partial charge in [-0.05, 0) is 33.8 Å². The van der Waals surface area contributed by atoms with Crippen molar-refractivity contribution < 1.29 is 38.8 Å². The maximum absolute atomic E-state index is 11.9. The van der Waals surface area contributed by atoms with E-state index < -0.39 is 23.6 Å². The zero-order valence-electron chi connectivity index (χ0n) is 17.5. The Hall–Kier alpha value is -3.89. The number of esters is 1. The van der Waals surface area contributed by atoms with E-state index in [1.54, 1.807) is 20.8 Å². The molecule has 0 saturated heterocycles. The number of pyridine rings is 1. The Labute approximate surface area is 177 Å². The van der Waals surface area contributed by atoms with Crippen molar-refractivity contribution in [3.05, 3.63) is 23.4 Å². The van der Waals surface area contributed by atoms with Gasteiger partial charge in [-0.3, -0.25) is 5.43 Å². The number of anilines is 1. The van der Waals surface area contributed by atoms with Crippen molar-refractivity contribution in [2.24, 2.45) is 5.10 Å². The van der Waals surface area contributed by atoms with Gasteiger partial charge in [0.05, 0.1) is 31.1 Å². The Bertz CT molecular complexity index is 1050. The van der Waals surface area contributed by atoms with Crippen LogP contribution in [0.1, 0.15) is 48.5 Å². The molecule has 31 heavy (non-hydrogen) atoms. The molecule has 0 spiro atoms. The van der Waals surface area contributed by atoms with Gasteiger partial charge in [-0.1, -0.05) is 0 Å². The molecule has 166 valence electrons. The Morgan fingerprint density at radius 3 is 2.26 bits per heavy atom. The summed E-state index contributed by atoms with van der Waals surface area (Å²) >= 11 is 0. The van der Waals surface area contributed by atoms with E-state index in [4.69, 9.17) is 14.2 Å². The van der Waals surface area contributed by atoms with Crippen molar-refractivity contribution in [2.45, 2.75) is 27.7 Å². The summed E-state index contributed by atoms with van der Waals surface area (Å²) < 4.78 is 16.1. The molecule has 11 heteroatoms. The lowest BCUT2D eigenvalue weighted by Gasteiger charge is -2.17. The highest BCUT2D eigenvalue weighted by atomic mass is 16.5. The molecule has 0 atom stereocenters. The fraction of sp³-hybridized carbons (Fsp3) is 0.350. The molecule has 2 rings (SSSR count). The minimum absolute atomic E-state index is 0.00571. The number of nitrogens with zero attached hydrogens (tertiary/aromatic N) is 2. The quantitative estimate of drug-likeness (QED) is 0.289. The third-order valence-electron chi connectivity index (χ3n) is 3.96. The molecule has 0 saturated carbocycles. The second-order valence-electron chi connectivity index (χ2n) is 6.04. The zero-order chi connectivity index (χ0) is 23.1. The first-order chi connectivity index (χ1) is 14.7. The van der Waals surface area contributed by atoms with Crippen molar-refractivity contribution in [3.8, 4) is 11.5 Å². The number of carboxylic acids is 2. The molecule has 0 amide bonds. The topological polar surface area (TPSA) is 157 Å². The molecule has 2 aromatic rings. The van der Waals surface area contributed by atoms with E-state index in [0.717, 1.165) is 6.07 Å². The number of carbonyl (C=O) groups is 3. The Balaban J connectivity index is 2.85. The number of hydrogen-bond acceptors (Lipinski definition) is 9. The average Bonchev–Trinajstić information content (AvgIpc) is 2.73. The van der Waals surface area contributed by atoms with Crippen LogP contribution in [0.2, 0.25) is 0 Å². The summed E-state index contributed by atoms with van der Waals surface area (Å²) in [6.07, 6.45) is 0. The second-order valence-corrected chi connectivity index (χ2v) is 6.04. The molecule has 11 nitrogen and oxygen atoms in total. The summed E-state index contributed by atoms with van der Waals surface area (Å²) in [5.74, 6) is -3.13. The van der Waals surface area contributed by atoms with E-state index in [0.29, 0.717) is 0 Å². The molecule has 1 aromatic heterocycles. The number of rotatable bonds is 10. The minimum atomic E-state index is -1.40. The van der Waals surface area contributed by atoms with E-state index in [2.05, 4.69) is 15.5 Å². The number of aromatic nitrogens is 1. The third-order valence-corrected chi connectivity index (χ3v) is 3.96. The number of nitrogens with one attached hydrogen (secondary N) is 1. The summed E-state index contributed by atoms with van der Waals surface area (Å²) in [5.41, 5.74) is 1.92. The van der Waals surface area contributed by atoms with Crippen LogP contribution in [0, 0.1) is 0 Å². The van der Waals surface area contributed by atoms with Crippen molar-refractivity contribution >= 4 is 40.2 Å². The van der Waals surface area contributed by atoms with Crippen LogP contribution in [0.15, 0.2) is 17.2 Å². The van der Waals surface area contributed by atoms with Gasteiger partial charge in [-0.2, -0.15) is 5.10 Å². The number of aromatic carboxylic acids is 2. The number of fused-ring (bicyclic) bond motifs is 1. The molecule has 0 radical (unpaired) electrons. The van der Waals surface area contributed by atoms with Crippen LogP contribution < -0.4 is 14.9 Å². The minimum Gasteiger partial charge on any atom is -0.490 e. The summed E-state index contributed by atoms with van der Waals surface area (Å²) in [5, 5.41) is 23.1. The first-order valence-corrected chi connectivity index (χ1v) is 9.46. The first-order valence-electron chi connectivity index (χ1n) is 9.46. The van der Waals surface area contributed by atoms with Gasteiger partial charge in [0.25, 0.3) is 0 Å². The van der Waals surface area contributed by atoms with Gasteiger partial charge in [-0.15, -0.1) is 0 Å². The molecule has 1 aromatic carbocycles. The van der Waals surface area contributed by atoms with Crippen molar-refractivity contribution in [3.63, 3.8) is 0 Å². The first kappa shape index (κ1) is 23.4. The number of benzene rings is 1. The lowest BCUT2D eigenvalue weighted by molar-refractivity contribution is -0.135. The SMILES string of the molecule is CCOC(=O)/C(C)=N\Nc1cc(OCC)c(OCC)c2nc(C(=O)O)cc(C(=O)O)c12. The van der Waals surface area contributed by atoms with Gasteiger partial charge in [0.2, 0.25) is 0 Å². The molecular formula is C20H23N3O8. The van der Waals surface area contributed by atoms with Crippen LogP contribution in [0.25, 0.3) is 10.9 Å². The van der Waals surface area contributed by atoms with Gasteiger partial charge in [0, 0.05) is 11.5 Å². The Kier molecular flexibility index (Phi) is 7.72. The Morgan fingerprint density at radius 2 is 1.71 bits per heavy atom. The highest BCUT2D eigenvalue weighted by Crippen LogP contribution is 2.41. The lowest BCUT2D eigenvalue weighted by Crippen LogP contribution is -2.16. The van der Waals surface area contributed by atoms with Gasteiger partial charge >= 0.3 is 17.9 Å². The van der Waals surface area contributed by atoms with E-state index in [1.165, 1.54) is 13.0 Å². The largest absolute Gasteiger partial charge is 0.490 e. The van der Waals surface area contributed by atoms with E-state index in [9.17, 15) is 24.6 Å². The van der Waals surface area contributed by atoms with Crippen LogP contribution >= 0.6 is 0 Å². The molecule has 0 aliphatic rings. The molecule has 0 aliphatic heterocycles. The summed E-state index contributed by atoms with van der Waals surface area (Å²) in [4.78, 5) is 39.3. The van der Waals surface area contributed by atoms with Crippen LogP contribution in [0.3, 0.4) is 0 Å². The molecule has 3 N–H and O–H groups in total. The second kappa shape index (κ2) is 10.2. The molecular weight excluding hydrogens is 410 g/mol. The number of hydrazone groups is 1. The van der Waals surface area contributed by atoms with Gasteiger partial charge in [0.15, 0.2) is 11.5 Å². The average molecular weight is 433 g/mol. The molecule has 1 heterocycles. The van der Waals surface area contributed by atoms with Crippen molar-refractivity contribution in [2.75, 3.05) is 25.2 Å². The van der Waals surface area contributed by atoms with Crippen LogP contribution in [0.5, 0.6) is 11.5 Å². The van der Waals surface area contributed by atoms with E-state index in [-0.39, 0.29) is 59.2 Å². The highest BCUT2D eigenvalue weighted by Gasteiger charge is 2.24. The van der Waals surface area contributed by atoms with E-state index >= 15 is 0 Å². The predicted molar refractivity (Wildman–Crippen MR) is 111 cm³/mol. The third kappa shape index (κ3) is 5.18. The number of carboxylic acid groups (broad SMARTS) is 2. The summed E-state index contributed by atoms with van der Waals surface area (Å²) in [7, 11) is 0. The van der Waals surface area contributed by atoms with Gasteiger partial charge < -0.3 is 24.4 Å². The number of hydrogen-bond donors (Lipinski definition) is 3. The van der Waals surface area contributed by atoms with Crippen LogP contribution in [-0.4, -0.2) is 58.6 Å². The monoisotopic (exact) mass is 433 g/mol. The predicted octanol–water partition coefficient (Wildman–Crippen LogP) is 2.78. The number of carbonyl (C=O) groups excluding carboxylic acids is 1. The Morgan fingerprint density at radius 1 is 1.03 bits per heavy atom. The van der Waals surface area contributed by atoms with Crippen LogP contribution in [-0.2, 0) is 9.53 Å². The van der Waals surface area contributed by atoms with Gasteiger partial charge in [-0.25, -0.2) is 19.4 Å². The fourth-order valence-electron chi connectivity index (χ4n) is 2.71. The maximum Gasteiger partial charge on any atom is 0.354 e. The normalized spacial score (nSPS) is 11.2. The van der Waals surface area contributed by atoms with Crippen molar-refractivity contribution in [1.29, 1.82) is 0 Å². The van der Waals surface area contributed by atoms with Gasteiger partial charge in [0.1, 0.15) is 16.9 Å². The van der Waals surface area contributed by atoms with Crippen LogP contribution in [0.4, 0.5) is 5.69 Å². The summed E-state index contributed by atoms with van der Waals surface area (Å²) in [6, 6.07) is 2.39. The molecule has 0 aliphatic carbocycles. The zero-order valence-corrected chi connectivity index (χ0v) is 17.5. The standard InChI is InChI=1S/C20H23N3O8/c1-5-29-14-9-12(23-22-10(4)20(28)31-7-3)15-11(18(24)25)8-13(19(26)27)21-16(15)17(14)30-6-2/h8-9,23H,5-7H2,1-4H3,(H,24,25)(H,26,27)/b22-10-. The molecule has 0 unspecified atom stereocenters. The summed E-state index contributed by atoms with van der Waals surface area (Å²) in [6.45, 7) is 7.13. The van der Waals surface area contributed by atoms with Crippen molar-refractivity contribution in [1.82, 2.24) is 4.98 Å². The lowest BCUT2D eigenvalue weighted by atomic mass is 10.0. The van der Waals surface area contributed by atoms with E-state index in [1.807, 2.05) is 0 Å². The highest BCUT2D eigenvalue weighted by molar-refractivity contribution is 6.35. The molecule has 0 bridgehead atoms. The molecule has 0 fully saturated rings. The number of ether oxygens (including phenoxy) is 3. The fourth-order valence-corrected chi connectivity index (χ4v) is 2.71.